The molecule has 5 heteroatoms. The van der Waals surface area contributed by atoms with Gasteiger partial charge >= 0.3 is 6.09 Å². The number of benzene rings is 1. The molecule has 0 spiro atoms. The van der Waals surface area contributed by atoms with Crippen molar-refractivity contribution in [1.29, 1.82) is 0 Å². The van der Waals surface area contributed by atoms with E-state index in [0.29, 0.717) is 6.61 Å². The number of hydrogen-bond donors (Lipinski definition) is 2. The minimum Gasteiger partial charge on any atom is -0.494 e. The number of alkyl carbamates (subject to hydrolysis) is 1. The first-order valence-electron chi connectivity index (χ1n) is 5.49. The summed E-state index contributed by atoms with van der Waals surface area (Å²) < 4.78 is 10.3. The topological polar surface area (TPSA) is 67.8 Å². The Kier molecular flexibility index (Phi) is 5.88. The van der Waals surface area contributed by atoms with Crippen molar-refractivity contribution in [3.05, 3.63) is 29.8 Å². The molecule has 1 rings (SSSR count). The number of rotatable bonds is 6. The van der Waals surface area contributed by atoms with Crippen LogP contribution in [-0.2, 0) is 11.3 Å². The van der Waals surface area contributed by atoms with E-state index in [2.05, 4.69) is 5.32 Å². The van der Waals surface area contributed by atoms with E-state index >= 15 is 0 Å². The van der Waals surface area contributed by atoms with Gasteiger partial charge in [0.1, 0.15) is 12.4 Å². The van der Waals surface area contributed by atoms with Gasteiger partial charge in [0.15, 0.2) is 0 Å². The van der Waals surface area contributed by atoms with Crippen LogP contribution in [0.25, 0.3) is 0 Å². The van der Waals surface area contributed by atoms with E-state index in [1.807, 2.05) is 31.2 Å². The van der Waals surface area contributed by atoms with Gasteiger partial charge in [-0.05, 0) is 24.6 Å². The summed E-state index contributed by atoms with van der Waals surface area (Å²) in [5.41, 5.74) is 0.857. The van der Waals surface area contributed by atoms with E-state index in [9.17, 15) is 4.79 Å². The summed E-state index contributed by atoms with van der Waals surface area (Å²) in [7, 11) is 0. The van der Waals surface area contributed by atoms with Gasteiger partial charge in [0, 0.05) is 6.54 Å². The molecule has 1 aromatic rings. The molecule has 17 heavy (non-hydrogen) atoms. The lowest BCUT2D eigenvalue weighted by atomic mass is 10.2. The Hall–Kier alpha value is -1.75. The molecule has 1 amide bonds. The highest BCUT2D eigenvalue weighted by Gasteiger charge is 2.02. The summed E-state index contributed by atoms with van der Waals surface area (Å²) in [4.78, 5) is 11.1. The lowest BCUT2D eigenvalue weighted by Crippen LogP contribution is -2.26. The highest BCUT2D eigenvalue weighted by Crippen LogP contribution is 2.13. The number of amides is 1. The van der Waals surface area contributed by atoms with Crippen LogP contribution in [0.5, 0.6) is 5.75 Å². The summed E-state index contributed by atoms with van der Waals surface area (Å²) in [5.74, 6) is 0.754. The third-order valence-electron chi connectivity index (χ3n) is 1.96. The molecule has 0 fully saturated rings. The predicted octanol–water partition coefficient (Wildman–Crippen LogP) is 1.30. The fraction of sp³-hybridized carbons (Fsp3) is 0.417. The van der Waals surface area contributed by atoms with Crippen LogP contribution in [0, 0.1) is 0 Å². The van der Waals surface area contributed by atoms with Gasteiger partial charge in [-0.15, -0.1) is 0 Å². The number of carbonyl (C=O) groups is 1. The molecule has 0 atom stereocenters. The van der Waals surface area contributed by atoms with E-state index in [1.54, 1.807) is 0 Å². The van der Waals surface area contributed by atoms with Crippen molar-refractivity contribution in [2.75, 3.05) is 19.8 Å². The van der Waals surface area contributed by atoms with Crippen molar-refractivity contribution in [2.45, 2.75) is 13.5 Å². The lowest BCUT2D eigenvalue weighted by molar-refractivity contribution is 0.137. The summed E-state index contributed by atoms with van der Waals surface area (Å²) in [5, 5.41) is 10.9. The van der Waals surface area contributed by atoms with Gasteiger partial charge < -0.3 is 19.9 Å². The second-order valence-corrected chi connectivity index (χ2v) is 3.31. The summed E-state index contributed by atoms with van der Waals surface area (Å²) in [6, 6.07) is 7.36. The summed E-state index contributed by atoms with van der Waals surface area (Å²) in [6.07, 6.45) is -0.541. The second-order valence-electron chi connectivity index (χ2n) is 3.31. The zero-order chi connectivity index (χ0) is 12.5. The van der Waals surface area contributed by atoms with Crippen LogP contribution < -0.4 is 10.1 Å². The van der Waals surface area contributed by atoms with Crippen molar-refractivity contribution in [3.63, 3.8) is 0 Å². The standard InChI is InChI=1S/C12H17NO4/c1-2-16-11-5-3-4-10(8-11)9-17-12(15)13-6-7-14/h3-5,8,14H,2,6-7,9H2,1H3,(H,13,15). The van der Waals surface area contributed by atoms with Crippen LogP contribution in [0.4, 0.5) is 4.79 Å². The monoisotopic (exact) mass is 239 g/mol. The molecule has 0 unspecified atom stereocenters. The molecule has 0 radical (unpaired) electrons. The molecule has 0 aromatic heterocycles. The van der Waals surface area contributed by atoms with Crippen LogP contribution in [0.3, 0.4) is 0 Å². The van der Waals surface area contributed by atoms with Gasteiger partial charge in [-0.2, -0.15) is 0 Å². The van der Waals surface area contributed by atoms with Crippen LogP contribution in [0.2, 0.25) is 0 Å². The first-order valence-corrected chi connectivity index (χ1v) is 5.49. The van der Waals surface area contributed by atoms with Crippen molar-refractivity contribution in [2.24, 2.45) is 0 Å². The van der Waals surface area contributed by atoms with E-state index in [4.69, 9.17) is 14.6 Å². The number of hydrogen-bond acceptors (Lipinski definition) is 4. The van der Waals surface area contributed by atoms with E-state index < -0.39 is 6.09 Å². The summed E-state index contributed by atoms with van der Waals surface area (Å²) >= 11 is 0. The Labute approximate surface area is 100 Å². The number of ether oxygens (including phenoxy) is 2. The molecule has 94 valence electrons. The Bertz CT molecular complexity index is 354. The molecular formula is C12H17NO4. The SMILES string of the molecule is CCOc1cccc(COC(=O)NCCO)c1. The molecule has 0 aliphatic rings. The van der Waals surface area contributed by atoms with Crippen LogP contribution in [-0.4, -0.2) is 31.0 Å². The van der Waals surface area contributed by atoms with E-state index in [-0.39, 0.29) is 19.8 Å². The Balaban J connectivity index is 2.40. The fourth-order valence-corrected chi connectivity index (χ4v) is 1.25. The maximum atomic E-state index is 11.1. The normalized spacial score (nSPS) is 9.76. The Morgan fingerprint density at radius 3 is 3.00 bits per heavy atom. The Morgan fingerprint density at radius 2 is 2.29 bits per heavy atom. The predicted molar refractivity (Wildman–Crippen MR) is 62.9 cm³/mol. The molecular weight excluding hydrogens is 222 g/mol. The maximum Gasteiger partial charge on any atom is 0.407 e. The van der Waals surface area contributed by atoms with Gasteiger partial charge in [-0.25, -0.2) is 4.79 Å². The third kappa shape index (κ3) is 5.21. The molecule has 5 nitrogen and oxygen atoms in total. The molecule has 2 N–H and O–H groups in total. The minimum atomic E-state index is -0.541. The average Bonchev–Trinajstić information content (AvgIpc) is 2.35. The largest absolute Gasteiger partial charge is 0.494 e. The van der Waals surface area contributed by atoms with Gasteiger partial charge in [-0.3, -0.25) is 0 Å². The fourth-order valence-electron chi connectivity index (χ4n) is 1.25. The first kappa shape index (κ1) is 13.3. The van der Waals surface area contributed by atoms with E-state index in [1.165, 1.54) is 0 Å². The molecule has 0 saturated heterocycles. The van der Waals surface area contributed by atoms with Crippen LogP contribution in [0.15, 0.2) is 24.3 Å². The van der Waals surface area contributed by atoms with Gasteiger partial charge in [0.2, 0.25) is 0 Å². The van der Waals surface area contributed by atoms with E-state index in [0.717, 1.165) is 11.3 Å². The number of aliphatic hydroxyl groups is 1. The highest BCUT2D eigenvalue weighted by molar-refractivity contribution is 5.67. The van der Waals surface area contributed by atoms with Crippen molar-refractivity contribution >= 4 is 6.09 Å². The molecule has 0 bridgehead atoms. The zero-order valence-corrected chi connectivity index (χ0v) is 9.81. The van der Waals surface area contributed by atoms with Gasteiger partial charge in [0.25, 0.3) is 0 Å². The van der Waals surface area contributed by atoms with Crippen molar-refractivity contribution in [3.8, 4) is 5.75 Å². The van der Waals surface area contributed by atoms with Gasteiger partial charge in [0.05, 0.1) is 13.2 Å². The molecule has 1 aromatic carbocycles. The summed E-state index contributed by atoms with van der Waals surface area (Å²) in [6.45, 7) is 2.78. The Morgan fingerprint density at radius 1 is 1.47 bits per heavy atom. The second kappa shape index (κ2) is 7.51. The minimum absolute atomic E-state index is 0.102. The third-order valence-corrected chi connectivity index (χ3v) is 1.96. The van der Waals surface area contributed by atoms with Gasteiger partial charge in [-0.1, -0.05) is 12.1 Å². The highest BCUT2D eigenvalue weighted by atomic mass is 16.5. The average molecular weight is 239 g/mol. The maximum absolute atomic E-state index is 11.1. The zero-order valence-electron chi connectivity index (χ0n) is 9.81. The first-order chi connectivity index (χ1) is 8.26. The number of aliphatic hydroxyl groups excluding tert-OH is 1. The van der Waals surface area contributed by atoms with Crippen LogP contribution in [0.1, 0.15) is 12.5 Å². The quantitative estimate of drug-likeness (QED) is 0.785. The van der Waals surface area contributed by atoms with Crippen molar-refractivity contribution < 1.29 is 19.4 Å². The molecule has 0 heterocycles. The van der Waals surface area contributed by atoms with Crippen LogP contribution >= 0.6 is 0 Å². The molecule has 0 aliphatic heterocycles. The smallest absolute Gasteiger partial charge is 0.407 e. The van der Waals surface area contributed by atoms with Crippen molar-refractivity contribution in [1.82, 2.24) is 5.32 Å². The number of nitrogens with one attached hydrogen (secondary N) is 1. The lowest BCUT2D eigenvalue weighted by Gasteiger charge is -2.07. The molecule has 0 aliphatic carbocycles. The number of carbonyl (C=O) groups excluding carboxylic acids is 1. The molecule has 0 saturated carbocycles.